The molecule has 1 aromatic carbocycles. The van der Waals surface area contributed by atoms with Crippen molar-refractivity contribution in [1.82, 2.24) is 5.32 Å². The second-order valence-corrected chi connectivity index (χ2v) is 6.40. The van der Waals surface area contributed by atoms with E-state index in [0.29, 0.717) is 12.0 Å². The van der Waals surface area contributed by atoms with Gasteiger partial charge in [0.1, 0.15) is 0 Å². The van der Waals surface area contributed by atoms with Crippen LogP contribution in [0.2, 0.25) is 0 Å². The van der Waals surface area contributed by atoms with Crippen LogP contribution in [-0.2, 0) is 0 Å². The topological polar surface area (TPSA) is 12.0 Å². The summed E-state index contributed by atoms with van der Waals surface area (Å²) in [6.45, 7) is 8.10. The van der Waals surface area contributed by atoms with E-state index in [1.54, 1.807) is 0 Å². The van der Waals surface area contributed by atoms with Crippen LogP contribution in [0.15, 0.2) is 30.3 Å². The minimum absolute atomic E-state index is 0.605. The second-order valence-electron chi connectivity index (χ2n) is 6.40. The molecule has 1 fully saturated rings. The van der Waals surface area contributed by atoms with Crippen LogP contribution < -0.4 is 5.32 Å². The molecular formula is C19H31N. The number of benzene rings is 1. The highest BCUT2D eigenvalue weighted by Gasteiger charge is 2.33. The third kappa shape index (κ3) is 3.63. The van der Waals surface area contributed by atoms with Crippen LogP contribution in [0.25, 0.3) is 0 Å². The quantitative estimate of drug-likeness (QED) is 0.770. The van der Waals surface area contributed by atoms with Crippen molar-refractivity contribution < 1.29 is 0 Å². The van der Waals surface area contributed by atoms with Gasteiger partial charge < -0.3 is 5.32 Å². The van der Waals surface area contributed by atoms with Crippen LogP contribution in [-0.4, -0.2) is 12.6 Å². The van der Waals surface area contributed by atoms with E-state index < -0.39 is 0 Å². The van der Waals surface area contributed by atoms with Crippen molar-refractivity contribution in [3.8, 4) is 0 Å². The van der Waals surface area contributed by atoms with E-state index in [2.05, 4.69) is 56.4 Å². The van der Waals surface area contributed by atoms with E-state index >= 15 is 0 Å². The van der Waals surface area contributed by atoms with E-state index in [-0.39, 0.29) is 0 Å². The molecule has 1 nitrogen and oxygen atoms in total. The van der Waals surface area contributed by atoms with Gasteiger partial charge in [-0.05, 0) is 36.3 Å². The van der Waals surface area contributed by atoms with E-state index in [0.717, 1.165) is 18.4 Å². The minimum Gasteiger partial charge on any atom is -0.313 e. The lowest BCUT2D eigenvalue weighted by atomic mass is 9.70. The average molecular weight is 273 g/mol. The van der Waals surface area contributed by atoms with Crippen molar-refractivity contribution in [1.29, 1.82) is 0 Å². The predicted molar refractivity (Wildman–Crippen MR) is 88.1 cm³/mol. The first-order valence-electron chi connectivity index (χ1n) is 8.56. The lowest BCUT2D eigenvalue weighted by Crippen LogP contribution is -2.44. The summed E-state index contributed by atoms with van der Waals surface area (Å²) in [7, 11) is 0. The third-order valence-corrected chi connectivity index (χ3v) is 5.26. The normalized spacial score (nSPS) is 26.1. The Balaban J connectivity index is 2.16. The van der Waals surface area contributed by atoms with Crippen molar-refractivity contribution in [2.24, 2.45) is 11.8 Å². The maximum absolute atomic E-state index is 3.81. The van der Waals surface area contributed by atoms with Gasteiger partial charge in [-0.2, -0.15) is 0 Å². The summed E-state index contributed by atoms with van der Waals surface area (Å²) in [6.07, 6.45) is 7.05. The summed E-state index contributed by atoms with van der Waals surface area (Å²) in [6, 6.07) is 11.7. The average Bonchev–Trinajstić information content (AvgIpc) is 2.53. The molecule has 0 radical (unpaired) electrons. The van der Waals surface area contributed by atoms with Gasteiger partial charge in [0.2, 0.25) is 0 Å². The van der Waals surface area contributed by atoms with Gasteiger partial charge in [-0.1, -0.05) is 76.8 Å². The van der Waals surface area contributed by atoms with Crippen LogP contribution in [0.5, 0.6) is 0 Å². The summed E-state index contributed by atoms with van der Waals surface area (Å²) < 4.78 is 0. The van der Waals surface area contributed by atoms with Crippen LogP contribution in [0.3, 0.4) is 0 Å². The minimum atomic E-state index is 0.605. The number of hydrogen-bond donors (Lipinski definition) is 1. The van der Waals surface area contributed by atoms with Crippen molar-refractivity contribution in [2.75, 3.05) is 6.54 Å². The molecule has 0 spiro atoms. The van der Waals surface area contributed by atoms with E-state index in [1.165, 1.54) is 37.7 Å². The van der Waals surface area contributed by atoms with Gasteiger partial charge >= 0.3 is 0 Å². The molecule has 0 saturated heterocycles. The molecule has 0 bridgehead atoms. The largest absolute Gasteiger partial charge is 0.313 e. The molecule has 1 N–H and O–H groups in total. The maximum Gasteiger partial charge on any atom is 0.0164 e. The van der Waals surface area contributed by atoms with E-state index in [9.17, 15) is 0 Å². The van der Waals surface area contributed by atoms with Crippen LogP contribution >= 0.6 is 0 Å². The molecule has 4 unspecified atom stereocenters. The zero-order chi connectivity index (χ0) is 14.4. The molecule has 1 aliphatic rings. The Hall–Kier alpha value is -0.820. The Bertz CT molecular complexity index is 373. The molecule has 0 amide bonds. The summed E-state index contributed by atoms with van der Waals surface area (Å²) >= 11 is 0. The lowest BCUT2D eigenvalue weighted by molar-refractivity contribution is 0.162. The van der Waals surface area contributed by atoms with Gasteiger partial charge in [0.05, 0.1) is 0 Å². The van der Waals surface area contributed by atoms with Crippen molar-refractivity contribution in [3.05, 3.63) is 35.9 Å². The highest BCUT2D eigenvalue weighted by Crippen LogP contribution is 2.38. The Morgan fingerprint density at radius 2 is 1.80 bits per heavy atom. The van der Waals surface area contributed by atoms with Gasteiger partial charge in [-0.25, -0.2) is 0 Å². The van der Waals surface area contributed by atoms with Gasteiger partial charge in [0.25, 0.3) is 0 Å². The standard InChI is InChI=1S/C19H31N/c1-4-16-11-9-10-14-18(16)19(20-5-2)15(3)17-12-7-6-8-13-17/h6-8,12-13,15-16,18-20H,4-5,9-11,14H2,1-3H3. The van der Waals surface area contributed by atoms with E-state index in [4.69, 9.17) is 0 Å². The van der Waals surface area contributed by atoms with Crippen LogP contribution in [0.4, 0.5) is 0 Å². The first-order chi connectivity index (χ1) is 9.77. The molecule has 1 aliphatic carbocycles. The fourth-order valence-corrected chi connectivity index (χ4v) is 4.11. The Labute approximate surface area is 125 Å². The number of hydrogen-bond acceptors (Lipinski definition) is 1. The number of rotatable bonds is 6. The second kappa shape index (κ2) is 7.83. The fraction of sp³-hybridized carbons (Fsp3) is 0.684. The van der Waals surface area contributed by atoms with Crippen molar-refractivity contribution in [2.45, 2.75) is 64.8 Å². The first kappa shape index (κ1) is 15.6. The lowest BCUT2D eigenvalue weighted by Gasteiger charge is -2.40. The summed E-state index contributed by atoms with van der Waals surface area (Å²) in [5, 5.41) is 3.81. The molecule has 112 valence electrons. The monoisotopic (exact) mass is 273 g/mol. The zero-order valence-electron chi connectivity index (χ0n) is 13.4. The van der Waals surface area contributed by atoms with Gasteiger partial charge in [0.15, 0.2) is 0 Å². The summed E-state index contributed by atoms with van der Waals surface area (Å²) in [5.74, 6) is 2.37. The van der Waals surface area contributed by atoms with Crippen molar-refractivity contribution >= 4 is 0 Å². The molecule has 0 aromatic heterocycles. The maximum atomic E-state index is 3.81. The Morgan fingerprint density at radius 3 is 2.45 bits per heavy atom. The smallest absolute Gasteiger partial charge is 0.0164 e. The Kier molecular flexibility index (Phi) is 6.09. The SMILES string of the molecule is CCNC(C(C)c1ccccc1)C1CCCCC1CC. The fourth-order valence-electron chi connectivity index (χ4n) is 4.11. The summed E-state index contributed by atoms with van der Waals surface area (Å²) in [5.41, 5.74) is 1.49. The van der Waals surface area contributed by atoms with Crippen molar-refractivity contribution in [3.63, 3.8) is 0 Å². The first-order valence-corrected chi connectivity index (χ1v) is 8.56. The predicted octanol–water partition coefficient (Wildman–Crippen LogP) is 4.98. The number of nitrogens with one attached hydrogen (secondary N) is 1. The highest BCUT2D eigenvalue weighted by atomic mass is 14.9. The summed E-state index contributed by atoms with van der Waals surface area (Å²) in [4.78, 5) is 0. The molecule has 1 heteroatoms. The van der Waals surface area contributed by atoms with Gasteiger partial charge in [-0.3, -0.25) is 0 Å². The molecule has 0 aliphatic heterocycles. The number of likely N-dealkylation sites (N-methyl/N-ethyl adjacent to an activating group) is 1. The Morgan fingerprint density at radius 1 is 1.10 bits per heavy atom. The van der Waals surface area contributed by atoms with Crippen LogP contribution in [0.1, 0.15) is 64.4 Å². The van der Waals surface area contributed by atoms with Gasteiger partial charge in [-0.15, -0.1) is 0 Å². The van der Waals surface area contributed by atoms with E-state index in [1.807, 2.05) is 0 Å². The van der Waals surface area contributed by atoms with Crippen LogP contribution in [0, 0.1) is 11.8 Å². The molecular weight excluding hydrogens is 242 g/mol. The molecule has 20 heavy (non-hydrogen) atoms. The third-order valence-electron chi connectivity index (χ3n) is 5.26. The molecule has 1 saturated carbocycles. The molecule has 2 rings (SSSR count). The zero-order valence-corrected chi connectivity index (χ0v) is 13.4. The molecule has 4 atom stereocenters. The highest BCUT2D eigenvalue weighted by molar-refractivity contribution is 5.21. The molecule has 0 heterocycles. The molecule has 1 aromatic rings. The van der Waals surface area contributed by atoms with Gasteiger partial charge in [0, 0.05) is 6.04 Å².